The van der Waals surface area contributed by atoms with Crippen LogP contribution in [-0.2, 0) is 10.3 Å². The van der Waals surface area contributed by atoms with E-state index in [-0.39, 0.29) is 12.0 Å². The predicted octanol–water partition coefficient (Wildman–Crippen LogP) is 5.54. The van der Waals surface area contributed by atoms with Crippen LogP contribution in [0.1, 0.15) is 43.2 Å². The maximum absolute atomic E-state index is 11.0. The smallest absolute Gasteiger partial charge is 0.167 e. The number of nitrogens with one attached hydrogen (secondary N) is 1. The second-order valence-electron chi connectivity index (χ2n) is 10.2. The molecule has 1 aliphatic heterocycles. The van der Waals surface area contributed by atoms with Crippen LogP contribution in [0.4, 0.5) is 5.82 Å². The summed E-state index contributed by atoms with van der Waals surface area (Å²) in [6, 6.07) is 28.6. The minimum atomic E-state index is -0.814. The number of benzene rings is 3. The molecule has 1 fully saturated rings. The molecule has 0 aliphatic carbocycles. The van der Waals surface area contributed by atoms with Gasteiger partial charge in [0.2, 0.25) is 0 Å². The normalized spacial score (nSPS) is 21.0. The second-order valence-corrected chi connectivity index (χ2v) is 10.2. The average Bonchev–Trinajstić information content (AvgIpc) is 3.57. The molecular formula is C32H33N5O3. The molecule has 2 N–H and O–H groups in total. The van der Waals surface area contributed by atoms with Crippen molar-refractivity contribution in [2.24, 2.45) is 5.92 Å². The van der Waals surface area contributed by atoms with Crippen LogP contribution in [0.3, 0.4) is 0 Å². The Kier molecular flexibility index (Phi) is 6.96. The van der Waals surface area contributed by atoms with Gasteiger partial charge >= 0.3 is 0 Å². The first-order valence-electron chi connectivity index (χ1n) is 13.6. The zero-order chi connectivity index (χ0) is 27.7. The Bertz CT molecular complexity index is 1530. The van der Waals surface area contributed by atoms with Crippen LogP contribution >= 0.6 is 0 Å². The number of fused-ring (bicyclic) bond motifs is 1. The van der Waals surface area contributed by atoms with E-state index in [4.69, 9.17) is 14.5 Å². The Balaban J connectivity index is 1.52. The van der Waals surface area contributed by atoms with Gasteiger partial charge in [-0.2, -0.15) is 0 Å². The monoisotopic (exact) mass is 535 g/mol. The summed E-state index contributed by atoms with van der Waals surface area (Å²) in [4.78, 5) is 14.0. The summed E-state index contributed by atoms with van der Waals surface area (Å²) in [7, 11) is 1.66. The number of methoxy groups -OCH3 is 1. The highest BCUT2D eigenvalue weighted by atomic mass is 16.5. The highest BCUT2D eigenvalue weighted by Crippen LogP contribution is 2.42. The van der Waals surface area contributed by atoms with Crippen LogP contribution in [0.25, 0.3) is 11.2 Å². The summed E-state index contributed by atoms with van der Waals surface area (Å²) < 4.78 is 13.5. The minimum absolute atomic E-state index is 0.00534. The van der Waals surface area contributed by atoms with E-state index in [1.165, 1.54) is 6.33 Å². The van der Waals surface area contributed by atoms with Gasteiger partial charge in [0.05, 0.1) is 19.5 Å². The fourth-order valence-corrected chi connectivity index (χ4v) is 5.80. The summed E-state index contributed by atoms with van der Waals surface area (Å²) in [5.41, 5.74) is 3.45. The molecule has 0 spiro atoms. The SMILES string of the molecule is CC[C@H]1O[C@@H](n2cnc3c(NC(c4ccccc4)(c4ccccc4)c4ccc(OC)cc4)ncnc32)C(O)C1C. The number of aromatic nitrogens is 4. The lowest BCUT2D eigenvalue weighted by atomic mass is 9.77. The molecule has 0 amide bonds. The first-order chi connectivity index (χ1) is 19.6. The van der Waals surface area contributed by atoms with Gasteiger partial charge in [-0.15, -0.1) is 0 Å². The van der Waals surface area contributed by atoms with Gasteiger partial charge < -0.3 is 19.9 Å². The molecule has 2 unspecified atom stereocenters. The Morgan fingerprint density at radius 2 is 1.52 bits per heavy atom. The second kappa shape index (κ2) is 10.7. The van der Waals surface area contributed by atoms with Gasteiger partial charge in [-0.1, -0.05) is 86.6 Å². The van der Waals surface area contributed by atoms with Crippen LogP contribution in [0.15, 0.2) is 97.6 Å². The maximum atomic E-state index is 11.0. The van der Waals surface area contributed by atoms with E-state index < -0.39 is 17.9 Å². The highest BCUT2D eigenvalue weighted by molar-refractivity contribution is 5.84. The van der Waals surface area contributed by atoms with Crippen LogP contribution in [-0.4, -0.2) is 43.9 Å². The van der Waals surface area contributed by atoms with Crippen molar-refractivity contribution in [3.05, 3.63) is 114 Å². The Morgan fingerprint density at radius 1 is 0.900 bits per heavy atom. The number of nitrogens with zero attached hydrogens (tertiary/aromatic N) is 4. The number of hydrogen-bond donors (Lipinski definition) is 2. The fraction of sp³-hybridized carbons (Fsp3) is 0.281. The van der Waals surface area contributed by atoms with Crippen molar-refractivity contribution in [1.29, 1.82) is 0 Å². The summed E-state index contributed by atoms with van der Waals surface area (Å²) in [6.45, 7) is 4.08. The van der Waals surface area contributed by atoms with E-state index in [0.29, 0.717) is 17.0 Å². The molecule has 1 aliphatic rings. The van der Waals surface area contributed by atoms with E-state index in [2.05, 4.69) is 58.6 Å². The molecule has 0 bridgehead atoms. The van der Waals surface area contributed by atoms with E-state index in [1.807, 2.05) is 60.0 Å². The number of hydrogen-bond acceptors (Lipinski definition) is 7. The van der Waals surface area contributed by atoms with E-state index in [9.17, 15) is 5.11 Å². The van der Waals surface area contributed by atoms with Gasteiger partial charge in [0.1, 0.15) is 23.7 Å². The van der Waals surface area contributed by atoms with Crippen molar-refractivity contribution >= 4 is 17.0 Å². The topological polar surface area (TPSA) is 94.3 Å². The summed E-state index contributed by atoms with van der Waals surface area (Å²) >= 11 is 0. The highest BCUT2D eigenvalue weighted by Gasteiger charge is 2.42. The quantitative estimate of drug-likeness (QED) is 0.252. The molecule has 2 aromatic heterocycles. The lowest BCUT2D eigenvalue weighted by Gasteiger charge is -2.37. The van der Waals surface area contributed by atoms with Gasteiger partial charge in [-0.25, -0.2) is 15.0 Å². The number of imidazole rings is 1. The molecule has 1 saturated heterocycles. The van der Waals surface area contributed by atoms with Crippen molar-refractivity contribution in [1.82, 2.24) is 19.5 Å². The summed E-state index contributed by atoms with van der Waals surface area (Å²) in [5.74, 6) is 1.35. The zero-order valence-corrected chi connectivity index (χ0v) is 22.8. The molecular weight excluding hydrogens is 502 g/mol. The van der Waals surface area contributed by atoms with Gasteiger partial charge in [-0.3, -0.25) is 4.57 Å². The van der Waals surface area contributed by atoms with Crippen molar-refractivity contribution in [3.8, 4) is 5.75 Å². The number of rotatable bonds is 8. The van der Waals surface area contributed by atoms with Crippen molar-refractivity contribution in [2.75, 3.05) is 12.4 Å². The van der Waals surface area contributed by atoms with Crippen LogP contribution in [0, 0.1) is 5.92 Å². The van der Waals surface area contributed by atoms with E-state index in [1.54, 1.807) is 13.4 Å². The predicted molar refractivity (Wildman–Crippen MR) is 154 cm³/mol. The third-order valence-corrected chi connectivity index (χ3v) is 8.01. The molecule has 8 nitrogen and oxygen atoms in total. The largest absolute Gasteiger partial charge is 0.497 e. The standard InChI is InChI=1S/C32H33N5O3/c1-4-26-21(2)28(38)31(40-26)37-20-35-27-29(33-19-34-30(27)37)36-32(22-11-7-5-8-12-22,23-13-9-6-10-14-23)24-15-17-25(39-3)18-16-24/h5-21,26,28,31,38H,4H2,1-3H3,(H,33,34,36)/t21?,26-,28?,31-/m1/s1. The Morgan fingerprint density at radius 3 is 2.10 bits per heavy atom. The van der Waals surface area contributed by atoms with Crippen LogP contribution in [0.5, 0.6) is 5.75 Å². The fourth-order valence-electron chi connectivity index (χ4n) is 5.80. The number of aliphatic hydroxyl groups is 1. The zero-order valence-electron chi connectivity index (χ0n) is 22.8. The van der Waals surface area contributed by atoms with Crippen LogP contribution < -0.4 is 10.1 Å². The molecule has 8 heteroatoms. The van der Waals surface area contributed by atoms with Gasteiger partial charge in [0.15, 0.2) is 23.2 Å². The summed E-state index contributed by atoms with van der Waals surface area (Å²) in [5, 5.41) is 14.8. The minimum Gasteiger partial charge on any atom is -0.497 e. The van der Waals surface area contributed by atoms with Gasteiger partial charge in [0, 0.05) is 5.92 Å². The first-order valence-corrected chi connectivity index (χ1v) is 13.6. The van der Waals surface area contributed by atoms with E-state index >= 15 is 0 Å². The number of aliphatic hydroxyl groups excluding tert-OH is 1. The molecule has 4 atom stereocenters. The van der Waals surface area contributed by atoms with Gasteiger partial charge in [-0.05, 0) is 35.2 Å². The average molecular weight is 536 g/mol. The Labute approximate surface area is 233 Å². The maximum Gasteiger partial charge on any atom is 0.167 e. The Hall–Kier alpha value is -4.27. The lowest BCUT2D eigenvalue weighted by Crippen LogP contribution is -2.38. The van der Waals surface area contributed by atoms with E-state index in [0.717, 1.165) is 28.9 Å². The van der Waals surface area contributed by atoms with Crippen molar-refractivity contribution < 1.29 is 14.6 Å². The molecule has 0 saturated carbocycles. The molecule has 5 aromatic rings. The first kappa shape index (κ1) is 26.0. The molecule has 0 radical (unpaired) electrons. The molecule has 40 heavy (non-hydrogen) atoms. The molecule has 3 aromatic carbocycles. The number of anilines is 1. The molecule has 6 rings (SSSR count). The lowest BCUT2D eigenvalue weighted by molar-refractivity contribution is -0.0355. The third-order valence-electron chi connectivity index (χ3n) is 8.01. The summed E-state index contributed by atoms with van der Waals surface area (Å²) in [6.07, 6.45) is 2.77. The van der Waals surface area contributed by atoms with Crippen molar-refractivity contribution in [3.63, 3.8) is 0 Å². The van der Waals surface area contributed by atoms with Crippen molar-refractivity contribution in [2.45, 2.75) is 44.2 Å². The number of ether oxygens (including phenoxy) is 2. The third kappa shape index (κ3) is 4.29. The van der Waals surface area contributed by atoms with Crippen LogP contribution in [0.2, 0.25) is 0 Å². The molecule has 204 valence electrons. The molecule has 3 heterocycles. The van der Waals surface area contributed by atoms with Gasteiger partial charge in [0.25, 0.3) is 0 Å².